The Morgan fingerprint density at radius 1 is 1.16 bits per heavy atom. The molecule has 0 radical (unpaired) electrons. The lowest BCUT2D eigenvalue weighted by atomic mass is 9.82. The van der Waals surface area contributed by atoms with Gasteiger partial charge >= 0.3 is 0 Å². The van der Waals surface area contributed by atoms with E-state index in [1.165, 1.54) is 25.7 Å². The number of ketones is 1. The maximum atomic E-state index is 12.5. The Labute approximate surface area is 149 Å². The molecule has 4 nitrogen and oxygen atoms in total. The SMILES string of the molecule is O=C1CC2(CCN(C(=O)CCC3CCCC3)CC2)Oc2ccccc21. The monoisotopic (exact) mass is 341 g/mol. The smallest absolute Gasteiger partial charge is 0.222 e. The number of hydrogen-bond acceptors (Lipinski definition) is 3. The van der Waals surface area contributed by atoms with Crippen LogP contribution in [0.5, 0.6) is 5.75 Å². The van der Waals surface area contributed by atoms with Crippen molar-refractivity contribution in [3.8, 4) is 5.75 Å². The summed E-state index contributed by atoms with van der Waals surface area (Å²) in [6, 6.07) is 7.51. The van der Waals surface area contributed by atoms with Crippen LogP contribution in [0.2, 0.25) is 0 Å². The third-order valence-corrected chi connectivity index (χ3v) is 6.27. The summed E-state index contributed by atoms with van der Waals surface area (Å²) in [5.41, 5.74) is 0.288. The first kappa shape index (κ1) is 16.6. The molecule has 2 fully saturated rings. The number of likely N-dealkylation sites (tertiary alicyclic amines) is 1. The van der Waals surface area contributed by atoms with Crippen molar-refractivity contribution in [3.05, 3.63) is 29.8 Å². The molecule has 2 aliphatic heterocycles. The Balaban J connectivity index is 1.33. The Morgan fingerprint density at radius 2 is 1.88 bits per heavy atom. The largest absolute Gasteiger partial charge is 0.486 e. The lowest BCUT2D eigenvalue weighted by Gasteiger charge is -2.44. The molecule has 1 amide bonds. The van der Waals surface area contributed by atoms with Gasteiger partial charge in [-0.3, -0.25) is 9.59 Å². The number of para-hydroxylation sites is 1. The zero-order valence-electron chi connectivity index (χ0n) is 14.8. The van der Waals surface area contributed by atoms with E-state index in [1.807, 2.05) is 29.2 Å². The summed E-state index contributed by atoms with van der Waals surface area (Å²) >= 11 is 0. The minimum absolute atomic E-state index is 0.169. The average Bonchev–Trinajstić information content (AvgIpc) is 3.14. The van der Waals surface area contributed by atoms with E-state index in [0.29, 0.717) is 37.2 Å². The Bertz CT molecular complexity index is 655. The summed E-state index contributed by atoms with van der Waals surface area (Å²) < 4.78 is 6.24. The van der Waals surface area contributed by atoms with Crippen LogP contribution >= 0.6 is 0 Å². The predicted molar refractivity (Wildman–Crippen MR) is 95.8 cm³/mol. The molecule has 1 spiro atoms. The standard InChI is InChI=1S/C21H27NO3/c23-18-15-21(25-19-8-4-3-7-17(18)19)11-13-22(14-12-21)20(24)10-9-16-5-1-2-6-16/h3-4,7-8,16H,1-2,5-6,9-15H2. The number of piperidine rings is 1. The zero-order valence-corrected chi connectivity index (χ0v) is 14.8. The van der Waals surface area contributed by atoms with E-state index in [0.717, 1.165) is 25.2 Å². The molecular weight excluding hydrogens is 314 g/mol. The molecule has 2 heterocycles. The van der Waals surface area contributed by atoms with Gasteiger partial charge in [0.2, 0.25) is 5.91 Å². The number of carbonyl (C=O) groups is 2. The van der Waals surface area contributed by atoms with Crippen LogP contribution in [0.25, 0.3) is 0 Å². The molecule has 134 valence electrons. The predicted octanol–water partition coefficient (Wildman–Crippen LogP) is 3.98. The number of benzene rings is 1. The third-order valence-electron chi connectivity index (χ3n) is 6.27. The molecule has 3 aliphatic rings. The van der Waals surface area contributed by atoms with Crippen molar-refractivity contribution in [3.63, 3.8) is 0 Å². The molecule has 4 rings (SSSR count). The number of amides is 1. The fourth-order valence-electron chi connectivity index (χ4n) is 4.67. The number of hydrogen-bond donors (Lipinski definition) is 0. The van der Waals surface area contributed by atoms with E-state index < -0.39 is 5.60 Å². The van der Waals surface area contributed by atoms with Crippen LogP contribution in [0.3, 0.4) is 0 Å². The molecule has 1 aliphatic carbocycles. The van der Waals surface area contributed by atoms with Gasteiger partial charge in [-0.05, 0) is 24.5 Å². The van der Waals surface area contributed by atoms with Gasteiger partial charge in [-0.15, -0.1) is 0 Å². The molecule has 0 aromatic heterocycles. The van der Waals surface area contributed by atoms with E-state index in [2.05, 4.69) is 0 Å². The molecule has 1 aromatic carbocycles. The topological polar surface area (TPSA) is 46.6 Å². The minimum atomic E-state index is -0.409. The van der Waals surface area contributed by atoms with E-state index >= 15 is 0 Å². The van der Waals surface area contributed by atoms with Crippen LogP contribution in [0.15, 0.2) is 24.3 Å². The summed E-state index contributed by atoms with van der Waals surface area (Å²) in [6.45, 7) is 1.41. The normalized spacial score (nSPS) is 22.7. The highest BCUT2D eigenvalue weighted by Crippen LogP contribution is 2.39. The van der Waals surface area contributed by atoms with E-state index in [4.69, 9.17) is 4.74 Å². The van der Waals surface area contributed by atoms with Crippen LogP contribution in [0.4, 0.5) is 0 Å². The van der Waals surface area contributed by atoms with Crippen LogP contribution in [0.1, 0.15) is 68.1 Å². The first-order valence-electron chi connectivity index (χ1n) is 9.74. The van der Waals surface area contributed by atoms with Crippen molar-refractivity contribution < 1.29 is 14.3 Å². The second-order valence-corrected chi connectivity index (χ2v) is 7.95. The van der Waals surface area contributed by atoms with Crippen molar-refractivity contribution in [2.75, 3.05) is 13.1 Å². The minimum Gasteiger partial charge on any atom is -0.486 e. The van der Waals surface area contributed by atoms with Crippen LogP contribution in [0, 0.1) is 5.92 Å². The van der Waals surface area contributed by atoms with Gasteiger partial charge < -0.3 is 9.64 Å². The van der Waals surface area contributed by atoms with Gasteiger partial charge in [0.05, 0.1) is 12.0 Å². The number of carbonyl (C=O) groups excluding carboxylic acids is 2. The van der Waals surface area contributed by atoms with Crippen molar-refractivity contribution in [2.45, 2.75) is 63.4 Å². The lowest BCUT2D eigenvalue weighted by Crippen LogP contribution is -2.52. The van der Waals surface area contributed by atoms with Gasteiger partial charge in [-0.25, -0.2) is 0 Å². The maximum Gasteiger partial charge on any atom is 0.222 e. The quantitative estimate of drug-likeness (QED) is 0.835. The van der Waals surface area contributed by atoms with Crippen molar-refractivity contribution in [1.82, 2.24) is 4.90 Å². The van der Waals surface area contributed by atoms with Gasteiger partial charge in [-0.2, -0.15) is 0 Å². The van der Waals surface area contributed by atoms with Gasteiger partial charge in [0.15, 0.2) is 5.78 Å². The number of Topliss-reactive ketones (excluding diaryl/α,β-unsaturated/α-hetero) is 1. The van der Waals surface area contributed by atoms with E-state index in [9.17, 15) is 9.59 Å². The van der Waals surface area contributed by atoms with Gasteiger partial charge in [-0.1, -0.05) is 37.8 Å². The molecule has 1 saturated carbocycles. The second-order valence-electron chi connectivity index (χ2n) is 7.95. The summed E-state index contributed by atoms with van der Waals surface area (Å²) in [6.07, 6.45) is 8.93. The highest BCUT2D eigenvalue weighted by molar-refractivity contribution is 6.00. The molecule has 25 heavy (non-hydrogen) atoms. The number of fused-ring (bicyclic) bond motifs is 1. The highest BCUT2D eigenvalue weighted by Gasteiger charge is 2.43. The summed E-state index contributed by atoms with van der Waals surface area (Å²) in [5, 5.41) is 0. The Morgan fingerprint density at radius 3 is 2.64 bits per heavy atom. The summed E-state index contributed by atoms with van der Waals surface area (Å²) in [5.74, 6) is 1.92. The number of rotatable bonds is 3. The molecular formula is C21H27NO3. The van der Waals surface area contributed by atoms with Crippen molar-refractivity contribution in [1.29, 1.82) is 0 Å². The van der Waals surface area contributed by atoms with E-state index in [1.54, 1.807) is 0 Å². The molecule has 0 bridgehead atoms. The molecule has 0 N–H and O–H groups in total. The molecule has 1 saturated heterocycles. The highest BCUT2D eigenvalue weighted by atomic mass is 16.5. The van der Waals surface area contributed by atoms with Gasteiger partial charge in [0, 0.05) is 32.4 Å². The fraction of sp³-hybridized carbons (Fsp3) is 0.619. The number of ether oxygens (including phenoxy) is 1. The Hall–Kier alpha value is -1.84. The maximum absolute atomic E-state index is 12.5. The summed E-state index contributed by atoms with van der Waals surface area (Å²) in [4.78, 5) is 27.0. The third kappa shape index (κ3) is 3.44. The van der Waals surface area contributed by atoms with Crippen LogP contribution in [-0.2, 0) is 4.79 Å². The van der Waals surface area contributed by atoms with Crippen LogP contribution in [-0.4, -0.2) is 35.3 Å². The van der Waals surface area contributed by atoms with Gasteiger partial charge in [0.25, 0.3) is 0 Å². The molecule has 0 unspecified atom stereocenters. The lowest BCUT2D eigenvalue weighted by molar-refractivity contribution is -0.135. The fourth-order valence-corrected chi connectivity index (χ4v) is 4.67. The molecule has 1 aromatic rings. The molecule has 0 atom stereocenters. The van der Waals surface area contributed by atoms with Crippen molar-refractivity contribution in [2.24, 2.45) is 5.92 Å². The first-order valence-corrected chi connectivity index (χ1v) is 9.74. The Kier molecular flexibility index (Phi) is 4.53. The van der Waals surface area contributed by atoms with E-state index in [-0.39, 0.29) is 11.7 Å². The van der Waals surface area contributed by atoms with Crippen LogP contribution < -0.4 is 4.74 Å². The summed E-state index contributed by atoms with van der Waals surface area (Å²) in [7, 11) is 0. The molecule has 4 heteroatoms. The number of nitrogens with zero attached hydrogens (tertiary/aromatic N) is 1. The van der Waals surface area contributed by atoms with Gasteiger partial charge in [0.1, 0.15) is 11.4 Å². The average molecular weight is 341 g/mol. The van der Waals surface area contributed by atoms with Crippen molar-refractivity contribution >= 4 is 11.7 Å². The zero-order chi connectivity index (χ0) is 17.3. The second kappa shape index (κ2) is 6.81. The first-order chi connectivity index (χ1) is 12.2.